The summed E-state index contributed by atoms with van der Waals surface area (Å²) in [5.41, 5.74) is -0.216. The van der Waals surface area contributed by atoms with Crippen molar-refractivity contribution in [1.29, 1.82) is 0 Å². The van der Waals surface area contributed by atoms with Crippen LogP contribution in [0.2, 0.25) is 0 Å². The van der Waals surface area contributed by atoms with Crippen molar-refractivity contribution in [3.63, 3.8) is 0 Å². The monoisotopic (exact) mass is 968 g/mol. The van der Waals surface area contributed by atoms with E-state index in [-0.39, 0.29) is 68.3 Å². The van der Waals surface area contributed by atoms with Crippen LogP contribution in [-0.4, -0.2) is 80.5 Å². The summed E-state index contributed by atoms with van der Waals surface area (Å²) in [7, 11) is 9.08. The molecule has 0 bridgehead atoms. The first-order valence-corrected chi connectivity index (χ1v) is 22.5. The van der Waals surface area contributed by atoms with E-state index in [1.807, 2.05) is 30.3 Å². The van der Waals surface area contributed by atoms with Crippen LogP contribution in [0, 0.1) is 0 Å². The number of allylic oxidation sites excluding steroid dienone is 2. The Morgan fingerprint density at radius 1 is 0.620 bits per heavy atom. The number of phenols is 1. The van der Waals surface area contributed by atoms with Gasteiger partial charge in [0.05, 0.1) is 69.6 Å². The third-order valence-electron chi connectivity index (χ3n) is 13.4. The molecule has 2 aliphatic heterocycles. The number of rotatable bonds is 14. The topological polar surface area (TPSA) is 234 Å². The Balaban J connectivity index is 1.03. The summed E-state index contributed by atoms with van der Waals surface area (Å²) in [6.45, 7) is -0.632. The maximum absolute atomic E-state index is 14.7. The Labute approximate surface area is 401 Å². The van der Waals surface area contributed by atoms with Crippen molar-refractivity contribution < 1.29 is 28.8 Å². The largest absolute Gasteiger partial charge is 0.507 e. The number of ether oxygens (including phenoxy) is 5. The molecule has 0 saturated carbocycles. The van der Waals surface area contributed by atoms with Crippen molar-refractivity contribution >= 4 is 22.1 Å². The van der Waals surface area contributed by atoms with E-state index in [1.165, 1.54) is 62.4 Å². The van der Waals surface area contributed by atoms with Gasteiger partial charge in [0.15, 0.2) is 23.0 Å². The summed E-state index contributed by atoms with van der Waals surface area (Å²) in [4.78, 5) is 94.5. The summed E-state index contributed by atoms with van der Waals surface area (Å²) in [6.07, 6.45) is 1.51. The second-order valence-electron chi connectivity index (χ2n) is 17.1. The smallest absolute Gasteiger partial charge is 0.348 e. The van der Waals surface area contributed by atoms with Gasteiger partial charge in [-0.2, -0.15) is 0 Å². The number of nitrogens with zero attached hydrogens (tertiary/aromatic N) is 10. The summed E-state index contributed by atoms with van der Waals surface area (Å²) in [5, 5.41) is 11.8. The third kappa shape index (κ3) is 7.58. The van der Waals surface area contributed by atoms with E-state index in [2.05, 4.69) is 9.97 Å². The molecule has 8 aromatic rings. The predicted octanol–water partition coefficient (Wildman–Crippen LogP) is 2.02. The quantitative estimate of drug-likeness (QED) is 0.154. The lowest BCUT2D eigenvalue weighted by Gasteiger charge is -2.37. The van der Waals surface area contributed by atoms with Gasteiger partial charge in [0.2, 0.25) is 0 Å². The second-order valence-corrected chi connectivity index (χ2v) is 17.1. The van der Waals surface area contributed by atoms with E-state index in [4.69, 9.17) is 23.7 Å². The van der Waals surface area contributed by atoms with Crippen LogP contribution >= 0.6 is 0 Å². The molecule has 71 heavy (non-hydrogen) atoms. The lowest BCUT2D eigenvalue weighted by molar-refractivity contribution is 0.243. The van der Waals surface area contributed by atoms with Crippen molar-refractivity contribution in [2.45, 2.75) is 57.7 Å². The number of hydrogen-bond acceptors (Lipinski definition) is 14. The van der Waals surface area contributed by atoms with Crippen LogP contribution in [0.1, 0.15) is 34.6 Å². The highest BCUT2D eigenvalue weighted by atomic mass is 16.5. The van der Waals surface area contributed by atoms with Gasteiger partial charge in [-0.25, -0.2) is 57.0 Å². The minimum absolute atomic E-state index is 0.0814. The van der Waals surface area contributed by atoms with Gasteiger partial charge in [0.1, 0.15) is 35.5 Å². The number of methoxy groups -OCH3 is 4. The molecule has 6 heterocycles. The van der Waals surface area contributed by atoms with Crippen molar-refractivity contribution in [3.8, 4) is 34.5 Å². The molecule has 0 saturated heterocycles. The molecule has 22 nitrogen and oxygen atoms in total. The highest BCUT2D eigenvalue weighted by Gasteiger charge is 2.42. The summed E-state index contributed by atoms with van der Waals surface area (Å²) >= 11 is 0. The average Bonchev–Trinajstić information content (AvgIpc) is 3.77. The van der Waals surface area contributed by atoms with Crippen LogP contribution in [0.3, 0.4) is 0 Å². The number of fused-ring (bicyclic) bond motifs is 6. The molecule has 0 spiro atoms. The van der Waals surface area contributed by atoms with Gasteiger partial charge in [-0.15, -0.1) is 0 Å². The zero-order valence-electron chi connectivity index (χ0n) is 39.5. The first kappa shape index (κ1) is 45.9. The van der Waals surface area contributed by atoms with Crippen molar-refractivity contribution in [2.24, 2.45) is 14.1 Å². The minimum Gasteiger partial charge on any atom is -0.507 e. The number of aryl methyl sites for hydroxylation is 4. The minimum atomic E-state index is -1.16. The van der Waals surface area contributed by atoms with E-state index < -0.39 is 46.0 Å². The van der Waals surface area contributed by atoms with E-state index in [0.717, 1.165) is 14.7 Å². The van der Waals surface area contributed by atoms with Crippen molar-refractivity contribution in [1.82, 2.24) is 47.0 Å². The van der Waals surface area contributed by atoms with E-state index in [0.29, 0.717) is 56.4 Å². The molecular weight excluding hydrogens is 921 g/mol. The molecule has 4 aromatic heterocycles. The molecule has 1 N–H and O–H groups in total. The fourth-order valence-electron chi connectivity index (χ4n) is 9.68. The van der Waals surface area contributed by atoms with E-state index >= 15 is 0 Å². The summed E-state index contributed by atoms with van der Waals surface area (Å²) in [5.74, 6) is 1.68. The molecule has 0 radical (unpaired) electrons. The molecule has 0 aliphatic carbocycles. The third-order valence-corrected chi connectivity index (χ3v) is 13.4. The molecule has 10 rings (SSSR count). The summed E-state index contributed by atoms with van der Waals surface area (Å²) in [6, 6.07) is 18.5. The number of benzene rings is 4. The van der Waals surface area contributed by atoms with Gasteiger partial charge < -0.3 is 37.9 Å². The zero-order valence-corrected chi connectivity index (χ0v) is 39.5. The Kier molecular flexibility index (Phi) is 11.6. The molecule has 2 atom stereocenters. The number of aromatic nitrogens is 10. The number of hydrogen-bond donors (Lipinski definition) is 1. The molecule has 2 aliphatic rings. The van der Waals surface area contributed by atoms with E-state index in [1.54, 1.807) is 56.6 Å². The van der Waals surface area contributed by atoms with Crippen LogP contribution in [0.15, 0.2) is 113 Å². The normalized spacial score (nSPS) is 15.0. The maximum atomic E-state index is 14.7. The Bertz CT molecular complexity index is 3870. The Morgan fingerprint density at radius 3 is 1.68 bits per heavy atom. The van der Waals surface area contributed by atoms with Gasteiger partial charge in [0.25, 0.3) is 11.1 Å². The van der Waals surface area contributed by atoms with Crippen molar-refractivity contribution in [2.75, 3.05) is 28.4 Å². The first-order valence-electron chi connectivity index (χ1n) is 22.5. The van der Waals surface area contributed by atoms with Gasteiger partial charge in [0, 0.05) is 75.9 Å². The molecule has 366 valence electrons. The first-order chi connectivity index (χ1) is 34.3. The maximum Gasteiger partial charge on any atom is 0.348 e. The molecule has 22 heteroatoms. The molecular formula is C49H48N10O12. The molecule has 0 amide bonds. The number of aromatic hydroxyl groups is 1. The molecule has 4 aromatic carbocycles. The highest BCUT2D eigenvalue weighted by Crippen LogP contribution is 2.42. The summed E-state index contributed by atoms with van der Waals surface area (Å²) < 4.78 is 37.5. The van der Waals surface area contributed by atoms with Gasteiger partial charge in [-0.1, -0.05) is 36.4 Å². The van der Waals surface area contributed by atoms with Crippen LogP contribution in [0.25, 0.3) is 22.1 Å². The van der Waals surface area contributed by atoms with Gasteiger partial charge in [-0.3, -0.25) is 9.59 Å². The van der Waals surface area contributed by atoms with E-state index in [9.17, 15) is 33.9 Å². The fourth-order valence-corrected chi connectivity index (χ4v) is 9.68. The second kappa shape index (κ2) is 17.9. The van der Waals surface area contributed by atoms with Crippen LogP contribution in [0.4, 0.5) is 0 Å². The molecule has 2 unspecified atom stereocenters. The fraction of sp³-hybridized carbons (Fsp3) is 0.306. The number of phenolic OH excluding ortho intramolecular Hbond substituents is 1. The van der Waals surface area contributed by atoms with Crippen LogP contribution < -0.4 is 57.6 Å². The van der Waals surface area contributed by atoms with Crippen molar-refractivity contribution in [3.05, 3.63) is 170 Å². The standard InChI is InChI=1S/C49H48N10O12/c1-52-35-23-41(69-5)39(67-3)21-33(35)50-31(44(52)61)15-17-54-46(63)56-19-14-29-37(58(56)48(54)65)25-57-47(64)55(18-16-32-45(62)53(2)36-24-42(70-6)40(68-4)22-34(36)51-32)49(66)59(57)43(29)30-13-12-28(20-38(30)60)71-26-27-10-8-7-9-11-27/h7-14,20-24,37,43,60H,15-19,25-26H2,1-6H3. The molecule has 0 fully saturated rings. The predicted molar refractivity (Wildman–Crippen MR) is 258 cm³/mol. The Morgan fingerprint density at radius 2 is 1.14 bits per heavy atom. The lowest BCUT2D eigenvalue weighted by atomic mass is 9.89. The Hall–Kier alpha value is -8.82. The van der Waals surface area contributed by atoms with Crippen LogP contribution in [-0.2, 0) is 59.7 Å². The van der Waals surface area contributed by atoms with Gasteiger partial charge >= 0.3 is 22.8 Å². The SMILES string of the molecule is COc1cc2nc(CCn3c(=O)n4n(c3=O)C3Cn5c(=O)n(CCc6nc7cc(OC)c(OC)cc7n(C)c6=O)c(=O)n5C(c5ccc(OCc6ccccc6)cc5O)C3=CC4)c(=O)n(C)c2cc1OC. The lowest BCUT2D eigenvalue weighted by Crippen LogP contribution is -2.47. The van der Waals surface area contributed by atoms with Gasteiger partial charge in [-0.05, 0) is 23.3 Å². The average molecular weight is 969 g/mol. The zero-order chi connectivity index (χ0) is 50.0. The van der Waals surface area contributed by atoms with Crippen LogP contribution in [0.5, 0.6) is 34.5 Å². The highest BCUT2D eigenvalue weighted by molar-refractivity contribution is 5.80.